The molecular weight excluding hydrogens is 332 g/mol. The third-order valence-electron chi connectivity index (χ3n) is 4.77. The molecule has 3 nitrogen and oxygen atoms in total. The molecule has 0 radical (unpaired) electrons. The van der Waals surface area contributed by atoms with Gasteiger partial charge in [-0.1, -0.05) is 81.4 Å². The van der Waals surface area contributed by atoms with E-state index in [0.717, 1.165) is 11.1 Å². The molecular formula is C24H22N2O. The monoisotopic (exact) mass is 354 g/mol. The molecule has 3 aromatic carbocycles. The highest BCUT2D eigenvalue weighted by atomic mass is 16.4. The van der Waals surface area contributed by atoms with Gasteiger partial charge in [-0.15, -0.1) is 10.2 Å². The zero-order valence-electron chi connectivity index (χ0n) is 15.8. The minimum atomic E-state index is 0.131. The first kappa shape index (κ1) is 17.2. The Labute approximate surface area is 159 Å². The molecule has 0 N–H and O–H groups in total. The van der Waals surface area contributed by atoms with Gasteiger partial charge in [-0.05, 0) is 45.4 Å². The SMILES string of the molecule is CC(C)(C)c1ccc(-c2cc(-c3nnco3)ccc2-c2ccccc2)cc1. The van der Waals surface area contributed by atoms with Crippen molar-refractivity contribution in [2.24, 2.45) is 0 Å². The van der Waals surface area contributed by atoms with Crippen LogP contribution in [0.1, 0.15) is 26.3 Å². The molecule has 0 amide bonds. The second kappa shape index (κ2) is 6.84. The lowest BCUT2D eigenvalue weighted by atomic mass is 9.85. The van der Waals surface area contributed by atoms with Crippen LogP contribution >= 0.6 is 0 Å². The molecule has 27 heavy (non-hydrogen) atoms. The molecule has 4 aromatic rings. The summed E-state index contributed by atoms with van der Waals surface area (Å²) >= 11 is 0. The summed E-state index contributed by atoms with van der Waals surface area (Å²) in [4.78, 5) is 0. The van der Waals surface area contributed by atoms with Gasteiger partial charge in [0.1, 0.15) is 0 Å². The van der Waals surface area contributed by atoms with E-state index in [-0.39, 0.29) is 5.41 Å². The van der Waals surface area contributed by atoms with Gasteiger partial charge in [0.05, 0.1) is 0 Å². The first-order chi connectivity index (χ1) is 13.0. The summed E-state index contributed by atoms with van der Waals surface area (Å²) in [6.07, 6.45) is 1.36. The molecule has 0 atom stereocenters. The summed E-state index contributed by atoms with van der Waals surface area (Å²) < 4.78 is 5.40. The van der Waals surface area contributed by atoms with Crippen molar-refractivity contribution in [3.8, 4) is 33.7 Å². The van der Waals surface area contributed by atoms with Gasteiger partial charge in [0, 0.05) is 5.56 Å². The van der Waals surface area contributed by atoms with E-state index in [0.29, 0.717) is 5.89 Å². The van der Waals surface area contributed by atoms with E-state index >= 15 is 0 Å². The Hall–Kier alpha value is -3.20. The van der Waals surface area contributed by atoms with Crippen LogP contribution in [0.15, 0.2) is 83.6 Å². The zero-order chi connectivity index (χ0) is 18.9. The Morgan fingerprint density at radius 2 is 1.37 bits per heavy atom. The fraction of sp³-hybridized carbons (Fsp3) is 0.167. The van der Waals surface area contributed by atoms with Gasteiger partial charge in [-0.2, -0.15) is 0 Å². The van der Waals surface area contributed by atoms with E-state index in [2.05, 4.69) is 91.6 Å². The van der Waals surface area contributed by atoms with Gasteiger partial charge >= 0.3 is 0 Å². The minimum Gasteiger partial charge on any atom is -0.423 e. The van der Waals surface area contributed by atoms with Crippen LogP contribution in [-0.4, -0.2) is 10.2 Å². The standard InChI is InChI=1S/C24H22N2O/c1-24(2,3)20-12-9-18(10-13-20)22-15-19(23-26-25-16-27-23)11-14-21(22)17-7-5-4-6-8-17/h4-16H,1-3H3. The minimum absolute atomic E-state index is 0.131. The van der Waals surface area contributed by atoms with Crippen molar-refractivity contribution >= 4 is 0 Å². The molecule has 0 aliphatic carbocycles. The largest absolute Gasteiger partial charge is 0.423 e. The average molecular weight is 354 g/mol. The van der Waals surface area contributed by atoms with Crippen molar-refractivity contribution in [2.75, 3.05) is 0 Å². The fourth-order valence-electron chi connectivity index (χ4n) is 3.23. The third-order valence-corrected chi connectivity index (χ3v) is 4.77. The molecule has 0 aliphatic rings. The van der Waals surface area contributed by atoms with Crippen molar-refractivity contribution in [1.29, 1.82) is 0 Å². The molecule has 0 spiro atoms. The number of benzene rings is 3. The Morgan fingerprint density at radius 1 is 0.704 bits per heavy atom. The van der Waals surface area contributed by atoms with E-state index < -0.39 is 0 Å². The average Bonchev–Trinajstić information content (AvgIpc) is 3.22. The summed E-state index contributed by atoms with van der Waals surface area (Å²) in [5.74, 6) is 0.530. The van der Waals surface area contributed by atoms with Crippen LogP contribution in [0.5, 0.6) is 0 Å². The molecule has 1 heterocycles. The molecule has 0 saturated heterocycles. The summed E-state index contributed by atoms with van der Waals surface area (Å²) in [5, 5.41) is 7.86. The van der Waals surface area contributed by atoms with E-state index in [1.165, 1.54) is 28.6 Å². The van der Waals surface area contributed by atoms with Crippen molar-refractivity contribution in [3.05, 3.63) is 84.8 Å². The summed E-state index contributed by atoms with van der Waals surface area (Å²) in [5.41, 5.74) is 7.06. The first-order valence-corrected chi connectivity index (χ1v) is 9.09. The molecule has 134 valence electrons. The maximum atomic E-state index is 5.40. The van der Waals surface area contributed by atoms with Crippen LogP contribution in [0.25, 0.3) is 33.7 Å². The van der Waals surface area contributed by atoms with Gasteiger partial charge in [0.15, 0.2) is 0 Å². The predicted molar refractivity (Wildman–Crippen MR) is 109 cm³/mol. The van der Waals surface area contributed by atoms with Crippen molar-refractivity contribution in [3.63, 3.8) is 0 Å². The summed E-state index contributed by atoms with van der Waals surface area (Å²) in [6.45, 7) is 6.69. The van der Waals surface area contributed by atoms with Crippen LogP contribution in [-0.2, 0) is 5.41 Å². The van der Waals surface area contributed by atoms with Gasteiger partial charge in [-0.25, -0.2) is 0 Å². The van der Waals surface area contributed by atoms with Crippen LogP contribution < -0.4 is 0 Å². The van der Waals surface area contributed by atoms with Gasteiger partial charge in [-0.3, -0.25) is 0 Å². The molecule has 0 saturated carbocycles. The van der Waals surface area contributed by atoms with Crippen molar-refractivity contribution < 1.29 is 4.42 Å². The Morgan fingerprint density at radius 3 is 2.00 bits per heavy atom. The topological polar surface area (TPSA) is 38.9 Å². The highest BCUT2D eigenvalue weighted by molar-refractivity contribution is 5.86. The van der Waals surface area contributed by atoms with Crippen molar-refractivity contribution in [2.45, 2.75) is 26.2 Å². The number of nitrogens with zero attached hydrogens (tertiary/aromatic N) is 2. The molecule has 0 aliphatic heterocycles. The first-order valence-electron chi connectivity index (χ1n) is 9.09. The molecule has 3 heteroatoms. The predicted octanol–water partition coefficient (Wildman–Crippen LogP) is 6.37. The lowest BCUT2D eigenvalue weighted by Crippen LogP contribution is -2.10. The molecule has 0 fully saturated rings. The summed E-state index contributed by atoms with van der Waals surface area (Å²) in [7, 11) is 0. The van der Waals surface area contributed by atoms with E-state index in [4.69, 9.17) is 4.42 Å². The second-order valence-electron chi connectivity index (χ2n) is 7.70. The highest BCUT2D eigenvalue weighted by Gasteiger charge is 2.15. The fourth-order valence-corrected chi connectivity index (χ4v) is 3.23. The Kier molecular flexibility index (Phi) is 4.36. The van der Waals surface area contributed by atoms with Crippen LogP contribution in [0.3, 0.4) is 0 Å². The normalized spacial score (nSPS) is 11.5. The van der Waals surface area contributed by atoms with E-state index in [1.807, 2.05) is 12.1 Å². The maximum Gasteiger partial charge on any atom is 0.247 e. The van der Waals surface area contributed by atoms with E-state index in [9.17, 15) is 0 Å². The quantitative estimate of drug-likeness (QED) is 0.429. The van der Waals surface area contributed by atoms with Gasteiger partial charge in [0.25, 0.3) is 0 Å². The molecule has 0 bridgehead atoms. The Balaban J connectivity index is 1.87. The summed E-state index contributed by atoms with van der Waals surface area (Å²) in [6, 6.07) is 25.5. The van der Waals surface area contributed by atoms with Gasteiger partial charge in [0.2, 0.25) is 12.3 Å². The maximum absolute atomic E-state index is 5.40. The highest BCUT2D eigenvalue weighted by Crippen LogP contribution is 2.36. The van der Waals surface area contributed by atoms with E-state index in [1.54, 1.807) is 0 Å². The number of hydrogen-bond donors (Lipinski definition) is 0. The smallest absolute Gasteiger partial charge is 0.247 e. The molecule has 4 rings (SSSR count). The van der Waals surface area contributed by atoms with Crippen molar-refractivity contribution in [1.82, 2.24) is 10.2 Å². The molecule has 0 unspecified atom stereocenters. The lowest BCUT2D eigenvalue weighted by molar-refractivity contribution is 0.568. The van der Waals surface area contributed by atoms with Gasteiger partial charge < -0.3 is 4.42 Å². The molecule has 1 aromatic heterocycles. The lowest BCUT2D eigenvalue weighted by Gasteiger charge is -2.19. The zero-order valence-corrected chi connectivity index (χ0v) is 15.8. The van der Waals surface area contributed by atoms with Crippen LogP contribution in [0, 0.1) is 0 Å². The number of rotatable bonds is 3. The van der Waals surface area contributed by atoms with Crippen LogP contribution in [0.2, 0.25) is 0 Å². The number of hydrogen-bond acceptors (Lipinski definition) is 3. The van der Waals surface area contributed by atoms with Crippen LogP contribution in [0.4, 0.5) is 0 Å². The Bertz CT molecular complexity index is 1030. The number of aromatic nitrogens is 2. The second-order valence-corrected chi connectivity index (χ2v) is 7.70. The third kappa shape index (κ3) is 3.54.